The van der Waals surface area contributed by atoms with Gasteiger partial charge >= 0.3 is 23.9 Å². The summed E-state index contributed by atoms with van der Waals surface area (Å²) in [4.78, 5) is 41.9. The molecule has 2 aromatic rings. The molecule has 0 fully saturated rings. The summed E-state index contributed by atoms with van der Waals surface area (Å²) in [6.45, 7) is 23.5. The molecule has 0 heterocycles. The molecule has 0 unspecified atom stereocenters. The number of ether oxygens (including phenoxy) is 4. The molecule has 1 N–H and O–H groups in total. The SMILES string of the molecule is C=C(C)C(=O)O.C=C(C)C(=O)OCC(C)C.C=C(C)C(=O)OCc1ccccc1.C=CC(=O)OCCOc1ccccc1. The zero-order valence-corrected chi connectivity index (χ0v) is 25.8. The molecule has 0 aromatic heterocycles. The molecule has 9 heteroatoms. The van der Waals surface area contributed by atoms with Crippen molar-refractivity contribution in [3.63, 3.8) is 0 Å². The number of rotatable bonds is 12. The molecule has 0 amide bonds. The third kappa shape index (κ3) is 25.8. The smallest absolute Gasteiger partial charge is 0.333 e. The number of hydrogen-bond donors (Lipinski definition) is 1. The van der Waals surface area contributed by atoms with Crippen molar-refractivity contribution < 1.29 is 43.2 Å². The van der Waals surface area contributed by atoms with Gasteiger partial charge in [-0.1, -0.05) is 88.7 Å². The Hall–Kier alpha value is -4.92. The summed E-state index contributed by atoms with van der Waals surface area (Å²) in [6.07, 6.45) is 1.13. The summed E-state index contributed by atoms with van der Waals surface area (Å²) in [5, 5.41) is 7.89. The molecule has 0 atom stereocenters. The van der Waals surface area contributed by atoms with Gasteiger partial charge in [-0.2, -0.15) is 0 Å². The lowest BCUT2D eigenvalue weighted by Crippen LogP contribution is -2.09. The van der Waals surface area contributed by atoms with Crippen molar-refractivity contribution in [2.24, 2.45) is 5.92 Å². The lowest BCUT2D eigenvalue weighted by molar-refractivity contribution is -0.140. The van der Waals surface area contributed by atoms with Gasteiger partial charge in [0.05, 0.1) is 6.61 Å². The highest BCUT2D eigenvalue weighted by atomic mass is 16.6. The van der Waals surface area contributed by atoms with Gasteiger partial charge in [-0.25, -0.2) is 19.2 Å². The Labute approximate surface area is 255 Å². The predicted octanol–water partition coefficient (Wildman–Crippen LogP) is 6.51. The van der Waals surface area contributed by atoms with E-state index in [-0.39, 0.29) is 24.1 Å². The average Bonchev–Trinajstić information content (AvgIpc) is 2.98. The lowest BCUT2D eigenvalue weighted by Gasteiger charge is -2.05. The Morgan fingerprint density at radius 2 is 1.21 bits per heavy atom. The summed E-state index contributed by atoms with van der Waals surface area (Å²) < 4.78 is 19.8. The fourth-order valence-electron chi connectivity index (χ4n) is 2.09. The highest BCUT2D eigenvalue weighted by molar-refractivity contribution is 5.87. The van der Waals surface area contributed by atoms with Gasteiger partial charge < -0.3 is 24.1 Å². The molecule has 234 valence electrons. The number of benzene rings is 2. The third-order valence-corrected chi connectivity index (χ3v) is 4.33. The van der Waals surface area contributed by atoms with Gasteiger partial charge in [0.2, 0.25) is 0 Å². The average molecular weight is 597 g/mol. The number of carbonyl (C=O) groups is 4. The summed E-state index contributed by atoms with van der Waals surface area (Å²) in [6, 6.07) is 18.9. The van der Waals surface area contributed by atoms with Crippen LogP contribution in [0.4, 0.5) is 0 Å². The van der Waals surface area contributed by atoms with Gasteiger partial charge in [-0.3, -0.25) is 0 Å². The van der Waals surface area contributed by atoms with E-state index in [1.165, 1.54) is 6.92 Å². The van der Waals surface area contributed by atoms with Crippen LogP contribution in [-0.2, 0) is 40.0 Å². The van der Waals surface area contributed by atoms with Crippen molar-refractivity contribution in [1.29, 1.82) is 0 Å². The molecule has 0 saturated heterocycles. The highest BCUT2D eigenvalue weighted by Gasteiger charge is 2.03. The first-order valence-electron chi connectivity index (χ1n) is 13.3. The van der Waals surface area contributed by atoms with Crippen LogP contribution in [0, 0.1) is 5.92 Å². The standard InChI is InChI=1S/C11H12O3.C11H12O2.C8H14O2.C4H6O2/c1-2-11(12)14-9-8-13-10-6-4-3-5-7-10;1-9(2)11(12)13-8-10-6-4-3-5-7-10;1-6(2)5-10-8(9)7(3)4;1-3(2)4(5)6/h2-7H,1,8-9H2;3-7H,1,8H2,2H3;6H,3,5H2,1-2,4H3;1H2,2H3,(H,5,6). The van der Waals surface area contributed by atoms with Gasteiger partial charge in [-0.15, -0.1) is 0 Å². The Morgan fingerprint density at radius 1 is 0.744 bits per heavy atom. The first-order valence-corrected chi connectivity index (χ1v) is 13.3. The number of carbonyl (C=O) groups excluding carboxylic acids is 3. The number of carboxylic acid groups (broad SMARTS) is 1. The summed E-state index contributed by atoms with van der Waals surface area (Å²) in [5.41, 5.74) is 2.05. The molecule has 2 rings (SSSR count). The number of para-hydroxylation sites is 1. The Morgan fingerprint density at radius 3 is 1.63 bits per heavy atom. The summed E-state index contributed by atoms with van der Waals surface area (Å²) in [5.74, 6) is -0.848. The molecule has 2 aromatic carbocycles. The van der Waals surface area contributed by atoms with E-state index >= 15 is 0 Å². The fraction of sp³-hybridized carbons (Fsp3) is 0.294. The molecule has 0 spiro atoms. The van der Waals surface area contributed by atoms with Crippen molar-refractivity contribution in [2.45, 2.75) is 41.2 Å². The minimum Gasteiger partial charge on any atom is -0.490 e. The maximum absolute atomic E-state index is 11.0. The fourth-order valence-corrected chi connectivity index (χ4v) is 2.09. The van der Waals surface area contributed by atoms with E-state index in [4.69, 9.17) is 24.1 Å². The maximum atomic E-state index is 11.0. The molecule has 0 aliphatic rings. The van der Waals surface area contributed by atoms with E-state index < -0.39 is 11.9 Å². The molecule has 0 saturated carbocycles. The van der Waals surface area contributed by atoms with Crippen LogP contribution in [0.1, 0.15) is 40.2 Å². The molecule has 0 bridgehead atoms. The Bertz CT molecular complexity index is 1150. The molecule has 0 radical (unpaired) electrons. The predicted molar refractivity (Wildman–Crippen MR) is 167 cm³/mol. The van der Waals surface area contributed by atoms with Crippen molar-refractivity contribution in [2.75, 3.05) is 19.8 Å². The lowest BCUT2D eigenvalue weighted by atomic mass is 10.2. The van der Waals surface area contributed by atoms with Crippen molar-refractivity contribution in [1.82, 2.24) is 0 Å². The second-order valence-electron chi connectivity index (χ2n) is 9.23. The van der Waals surface area contributed by atoms with Gasteiger partial charge in [0, 0.05) is 22.8 Å². The van der Waals surface area contributed by atoms with E-state index in [2.05, 4.69) is 26.3 Å². The van der Waals surface area contributed by atoms with Crippen molar-refractivity contribution >= 4 is 23.9 Å². The first kappa shape index (κ1) is 40.2. The Balaban J connectivity index is 0. The molecule has 9 nitrogen and oxygen atoms in total. The monoisotopic (exact) mass is 596 g/mol. The third-order valence-electron chi connectivity index (χ3n) is 4.33. The van der Waals surface area contributed by atoms with Crippen molar-refractivity contribution in [3.8, 4) is 5.75 Å². The van der Waals surface area contributed by atoms with Crippen LogP contribution in [0.2, 0.25) is 0 Å². The van der Waals surface area contributed by atoms with Crippen LogP contribution in [0.25, 0.3) is 0 Å². The highest BCUT2D eigenvalue weighted by Crippen LogP contribution is 2.07. The van der Waals surface area contributed by atoms with E-state index in [0.29, 0.717) is 36.9 Å². The zero-order valence-electron chi connectivity index (χ0n) is 25.8. The first-order chi connectivity index (χ1) is 20.2. The maximum Gasteiger partial charge on any atom is 0.333 e. The normalized spacial score (nSPS) is 9.07. The van der Waals surface area contributed by atoms with Gasteiger partial charge in [-0.05, 0) is 44.4 Å². The van der Waals surface area contributed by atoms with Crippen LogP contribution in [0.5, 0.6) is 5.75 Å². The summed E-state index contributed by atoms with van der Waals surface area (Å²) >= 11 is 0. The quantitative estimate of drug-likeness (QED) is 0.126. The molecule has 43 heavy (non-hydrogen) atoms. The van der Waals surface area contributed by atoms with E-state index in [0.717, 1.165) is 17.4 Å². The second kappa shape index (κ2) is 24.8. The Kier molecular flexibility index (Phi) is 23.2. The summed E-state index contributed by atoms with van der Waals surface area (Å²) in [7, 11) is 0. The molecule has 0 aliphatic carbocycles. The van der Waals surface area contributed by atoms with Crippen LogP contribution in [0.15, 0.2) is 110 Å². The van der Waals surface area contributed by atoms with Crippen molar-refractivity contribution in [3.05, 3.63) is 115 Å². The zero-order chi connectivity index (χ0) is 33.2. The topological polar surface area (TPSA) is 125 Å². The minimum atomic E-state index is -0.935. The minimum absolute atomic E-state index is 0.176. The number of esters is 3. The number of carboxylic acids is 1. The molecular formula is C34H44O9. The van der Waals surface area contributed by atoms with Crippen LogP contribution >= 0.6 is 0 Å². The van der Waals surface area contributed by atoms with Gasteiger partial charge in [0.1, 0.15) is 25.6 Å². The molecular weight excluding hydrogens is 552 g/mol. The van der Waals surface area contributed by atoms with E-state index in [1.807, 2.05) is 74.5 Å². The second-order valence-corrected chi connectivity index (χ2v) is 9.23. The van der Waals surface area contributed by atoms with E-state index in [9.17, 15) is 19.2 Å². The largest absolute Gasteiger partial charge is 0.490 e. The van der Waals surface area contributed by atoms with Crippen LogP contribution in [0.3, 0.4) is 0 Å². The van der Waals surface area contributed by atoms with E-state index in [1.54, 1.807) is 13.8 Å². The number of aliphatic carboxylic acids is 1. The molecule has 0 aliphatic heterocycles. The number of hydrogen-bond acceptors (Lipinski definition) is 8. The van der Waals surface area contributed by atoms with Gasteiger partial charge in [0.25, 0.3) is 0 Å². The van der Waals surface area contributed by atoms with Gasteiger partial charge in [0.15, 0.2) is 0 Å². The van der Waals surface area contributed by atoms with Crippen LogP contribution in [-0.4, -0.2) is 48.8 Å². The van der Waals surface area contributed by atoms with Crippen LogP contribution < -0.4 is 4.74 Å².